The molecule has 0 aliphatic heterocycles. The Morgan fingerprint density at radius 3 is 2.67 bits per heavy atom. The van der Waals surface area contributed by atoms with Gasteiger partial charge in [-0.15, -0.1) is 0 Å². The van der Waals surface area contributed by atoms with Crippen LogP contribution in [0.5, 0.6) is 5.88 Å². The lowest BCUT2D eigenvalue weighted by Gasteiger charge is -2.16. The fourth-order valence-corrected chi connectivity index (χ4v) is 2.61. The van der Waals surface area contributed by atoms with E-state index in [1.807, 2.05) is 31.3 Å². The summed E-state index contributed by atoms with van der Waals surface area (Å²) in [4.78, 5) is 11.0. The topological polar surface area (TPSA) is 37.7 Å². The van der Waals surface area contributed by atoms with Crippen molar-refractivity contribution in [3.63, 3.8) is 0 Å². The number of rotatable bonds is 7. The largest absolute Gasteiger partial charge is 0.477 e. The first kappa shape index (κ1) is 18.2. The first-order valence-electron chi connectivity index (χ1n) is 7.27. The van der Waals surface area contributed by atoms with Gasteiger partial charge in [0.1, 0.15) is 0 Å². The normalized spacial score (nSPS) is 12.0. The lowest BCUT2D eigenvalue weighted by molar-refractivity contribution is 0.322. The van der Waals surface area contributed by atoms with Crippen molar-refractivity contribution >= 4 is 36.0 Å². The third kappa shape index (κ3) is 6.61. The van der Waals surface area contributed by atoms with Crippen LogP contribution in [0.3, 0.4) is 0 Å². The Hall–Kier alpha value is -0.883. The Balaban J connectivity index is 2.78. The third-order valence-electron chi connectivity index (χ3n) is 3.09. The molecule has 0 bridgehead atoms. The van der Waals surface area contributed by atoms with Crippen molar-refractivity contribution in [2.24, 2.45) is 4.99 Å². The quantitative estimate of drug-likeness (QED) is 0.402. The van der Waals surface area contributed by atoms with Crippen LogP contribution in [-0.2, 0) is 0 Å². The molecule has 1 aromatic heterocycles. The highest BCUT2D eigenvalue weighted by Gasteiger charge is 2.14. The highest BCUT2D eigenvalue weighted by molar-refractivity contribution is 9.10. The predicted molar refractivity (Wildman–Crippen MR) is 96.8 cm³/mol. The van der Waals surface area contributed by atoms with Crippen molar-refractivity contribution < 1.29 is 4.74 Å². The van der Waals surface area contributed by atoms with E-state index in [9.17, 15) is 0 Å². The summed E-state index contributed by atoms with van der Waals surface area (Å²) in [6.45, 7) is 12.7. The molecule has 118 valence electrons. The molecule has 0 N–H and O–H groups in total. The van der Waals surface area contributed by atoms with Crippen molar-refractivity contribution in [3.05, 3.63) is 16.2 Å². The van der Waals surface area contributed by atoms with Crippen LogP contribution < -0.4 is 4.74 Å². The lowest BCUT2D eigenvalue weighted by Crippen LogP contribution is -2.22. The zero-order chi connectivity index (χ0) is 16.0. The maximum atomic E-state index is 5.81. The molecule has 6 heteroatoms. The molecule has 0 amide bonds. The van der Waals surface area contributed by atoms with E-state index in [1.165, 1.54) is 0 Å². The van der Waals surface area contributed by atoms with Gasteiger partial charge in [-0.3, -0.25) is 0 Å². The smallest absolute Gasteiger partial charge is 0.228 e. The van der Waals surface area contributed by atoms with Crippen LogP contribution >= 0.6 is 15.9 Å². The summed E-state index contributed by atoms with van der Waals surface area (Å²) in [7, 11) is 0.916. The predicted octanol–water partition coefficient (Wildman–Crippen LogP) is 4.48. The van der Waals surface area contributed by atoms with Crippen molar-refractivity contribution in [1.82, 2.24) is 9.88 Å². The molecule has 21 heavy (non-hydrogen) atoms. The SMILES string of the molecule is CCN(C)/C=N/c1cc(Br)c(OCC[Si](C)(C)C)nc1C. The van der Waals surface area contributed by atoms with Crippen molar-refractivity contribution in [2.75, 3.05) is 20.2 Å². The number of nitrogens with zero attached hydrogens (tertiary/aromatic N) is 3. The molecule has 0 radical (unpaired) electrons. The molecule has 1 aromatic rings. The average Bonchev–Trinajstić information content (AvgIpc) is 2.38. The van der Waals surface area contributed by atoms with Gasteiger partial charge in [0, 0.05) is 21.7 Å². The summed E-state index contributed by atoms with van der Waals surface area (Å²) in [6.07, 6.45) is 1.82. The Morgan fingerprint density at radius 1 is 1.43 bits per heavy atom. The molecule has 0 atom stereocenters. The monoisotopic (exact) mass is 371 g/mol. The van der Waals surface area contributed by atoms with E-state index >= 15 is 0 Å². The molecule has 0 spiro atoms. The summed E-state index contributed by atoms with van der Waals surface area (Å²) in [6, 6.07) is 3.09. The molecule has 1 heterocycles. The second kappa shape index (κ2) is 7.94. The summed E-state index contributed by atoms with van der Waals surface area (Å²) in [5.41, 5.74) is 1.74. The van der Waals surface area contributed by atoms with Crippen molar-refractivity contribution in [1.29, 1.82) is 0 Å². The summed E-state index contributed by atoms with van der Waals surface area (Å²) < 4.78 is 6.67. The maximum absolute atomic E-state index is 5.81. The fraction of sp³-hybridized carbons (Fsp3) is 0.600. The number of hydrogen-bond donors (Lipinski definition) is 0. The van der Waals surface area contributed by atoms with Gasteiger partial charge in [0.15, 0.2) is 0 Å². The van der Waals surface area contributed by atoms with Gasteiger partial charge in [-0.2, -0.15) is 0 Å². The molecule has 0 aromatic carbocycles. The minimum absolute atomic E-state index is 0.661. The third-order valence-corrected chi connectivity index (χ3v) is 5.36. The van der Waals surface area contributed by atoms with E-state index in [-0.39, 0.29) is 0 Å². The Morgan fingerprint density at radius 2 is 2.10 bits per heavy atom. The number of hydrogen-bond acceptors (Lipinski definition) is 3. The summed E-state index contributed by atoms with van der Waals surface area (Å²) in [5.74, 6) is 0.661. The lowest BCUT2D eigenvalue weighted by atomic mass is 10.3. The van der Waals surface area contributed by atoms with E-state index in [1.54, 1.807) is 0 Å². The molecule has 4 nitrogen and oxygen atoms in total. The summed E-state index contributed by atoms with van der Waals surface area (Å²) in [5, 5.41) is 0. The van der Waals surface area contributed by atoms with E-state index < -0.39 is 8.07 Å². The molecule has 0 aliphatic carbocycles. The van der Waals surface area contributed by atoms with E-state index in [0.717, 1.165) is 35.0 Å². The zero-order valence-corrected chi connectivity index (χ0v) is 16.5. The van der Waals surface area contributed by atoms with Crippen LogP contribution in [-0.4, -0.2) is 44.5 Å². The minimum atomic E-state index is -1.08. The van der Waals surface area contributed by atoms with Gasteiger partial charge in [-0.1, -0.05) is 19.6 Å². The summed E-state index contributed by atoms with van der Waals surface area (Å²) >= 11 is 3.52. The van der Waals surface area contributed by atoms with Gasteiger partial charge in [0.25, 0.3) is 0 Å². The number of pyridine rings is 1. The number of aliphatic imine (C=N–C) groups is 1. The second-order valence-electron chi connectivity index (χ2n) is 6.36. The van der Waals surface area contributed by atoms with Crippen LogP contribution in [0.4, 0.5) is 5.69 Å². The molecular formula is C15H26BrN3OSi. The van der Waals surface area contributed by atoms with Gasteiger partial charge >= 0.3 is 0 Å². The average molecular weight is 372 g/mol. The number of aromatic nitrogens is 1. The Bertz CT molecular complexity index is 500. The molecule has 0 unspecified atom stereocenters. The standard InChI is InChI=1S/C15H26BrN3OSi/c1-7-19(3)11-17-14-10-13(16)15(18-12(14)2)20-8-9-21(4,5)6/h10-11H,7-9H2,1-6H3/b17-11+. The van der Waals surface area contributed by atoms with E-state index in [4.69, 9.17) is 4.74 Å². The first-order chi connectivity index (χ1) is 9.73. The highest BCUT2D eigenvalue weighted by Crippen LogP contribution is 2.29. The van der Waals surface area contributed by atoms with Gasteiger partial charge in [-0.25, -0.2) is 9.98 Å². The molecule has 0 aliphatic rings. The van der Waals surface area contributed by atoms with Gasteiger partial charge in [0.2, 0.25) is 5.88 Å². The molecular weight excluding hydrogens is 346 g/mol. The van der Waals surface area contributed by atoms with Crippen LogP contribution in [0.2, 0.25) is 25.7 Å². The Kier molecular flexibility index (Phi) is 6.87. The highest BCUT2D eigenvalue weighted by atomic mass is 79.9. The number of ether oxygens (including phenoxy) is 1. The number of halogens is 1. The molecule has 0 saturated heterocycles. The van der Waals surface area contributed by atoms with E-state index in [0.29, 0.717) is 5.88 Å². The van der Waals surface area contributed by atoms with Crippen molar-refractivity contribution in [3.8, 4) is 5.88 Å². The van der Waals surface area contributed by atoms with Crippen LogP contribution in [0.25, 0.3) is 0 Å². The van der Waals surface area contributed by atoms with Crippen LogP contribution in [0.15, 0.2) is 15.5 Å². The van der Waals surface area contributed by atoms with Gasteiger partial charge < -0.3 is 9.64 Å². The van der Waals surface area contributed by atoms with Gasteiger partial charge in [0.05, 0.1) is 28.8 Å². The van der Waals surface area contributed by atoms with E-state index in [2.05, 4.69) is 52.5 Å². The molecule has 0 fully saturated rings. The zero-order valence-electron chi connectivity index (χ0n) is 13.9. The van der Waals surface area contributed by atoms with Crippen molar-refractivity contribution in [2.45, 2.75) is 39.5 Å². The molecule has 0 saturated carbocycles. The van der Waals surface area contributed by atoms with Crippen LogP contribution in [0.1, 0.15) is 12.6 Å². The first-order valence-corrected chi connectivity index (χ1v) is 11.8. The minimum Gasteiger partial charge on any atom is -0.477 e. The number of aryl methyl sites for hydroxylation is 1. The maximum Gasteiger partial charge on any atom is 0.228 e. The fourth-order valence-electron chi connectivity index (χ4n) is 1.48. The van der Waals surface area contributed by atoms with Gasteiger partial charge in [-0.05, 0) is 41.9 Å². The second-order valence-corrected chi connectivity index (χ2v) is 12.8. The molecule has 1 rings (SSSR count). The van der Waals surface area contributed by atoms with Crippen LogP contribution in [0, 0.1) is 6.92 Å². The Labute approximate surface area is 137 Å².